The van der Waals surface area contributed by atoms with Gasteiger partial charge in [0.25, 0.3) is 0 Å². The van der Waals surface area contributed by atoms with Gasteiger partial charge in [0.05, 0.1) is 31.6 Å². The highest BCUT2D eigenvalue weighted by Gasteiger charge is 2.45. The monoisotopic (exact) mass is 495 g/mol. The van der Waals surface area contributed by atoms with Crippen LogP contribution in [0.15, 0.2) is 78.3 Å². The molecule has 3 aliphatic rings. The van der Waals surface area contributed by atoms with Gasteiger partial charge >= 0.3 is 0 Å². The molecule has 2 heterocycles. The molecule has 1 fully saturated rings. The van der Waals surface area contributed by atoms with Crippen molar-refractivity contribution >= 4 is 23.1 Å². The Balaban J connectivity index is 1.49. The second-order valence-electron chi connectivity index (χ2n) is 9.85. The fourth-order valence-electron chi connectivity index (χ4n) is 5.56. The maximum absolute atomic E-state index is 14.0. The number of methoxy groups -OCH3 is 2. The number of carbonyl (C=O) groups is 2. The molecule has 0 spiro atoms. The second kappa shape index (κ2) is 9.39. The number of hydrogen-bond donors (Lipinski definition) is 1. The Morgan fingerprint density at radius 2 is 1.78 bits per heavy atom. The Bertz CT molecular complexity index is 1400. The maximum Gasteiger partial charge on any atom is 0.231 e. The predicted octanol–water partition coefficient (Wildman–Crippen LogP) is 5.41. The number of anilines is 2. The number of benzene rings is 2. The van der Waals surface area contributed by atoms with E-state index in [0.717, 1.165) is 41.0 Å². The normalized spacial score (nSPS) is 20.9. The lowest BCUT2D eigenvalue weighted by Crippen LogP contribution is -2.39. The molecule has 2 aromatic carbocycles. The molecule has 6 rings (SSSR count). The van der Waals surface area contributed by atoms with Crippen molar-refractivity contribution in [1.82, 2.24) is 4.98 Å². The summed E-state index contributed by atoms with van der Waals surface area (Å²) in [5.41, 5.74) is 4.97. The van der Waals surface area contributed by atoms with Crippen LogP contribution >= 0.6 is 0 Å². The Morgan fingerprint density at radius 3 is 2.51 bits per heavy atom. The average Bonchev–Trinajstić information content (AvgIpc) is 3.79. The number of ether oxygens (including phenoxy) is 2. The highest BCUT2D eigenvalue weighted by molar-refractivity contribution is 6.07. The zero-order chi connectivity index (χ0) is 25.5. The Labute approximate surface area is 216 Å². The summed E-state index contributed by atoms with van der Waals surface area (Å²) < 4.78 is 10.9. The van der Waals surface area contributed by atoms with Gasteiger partial charge in [-0.3, -0.25) is 19.5 Å². The van der Waals surface area contributed by atoms with E-state index >= 15 is 0 Å². The number of rotatable bonds is 5. The summed E-state index contributed by atoms with van der Waals surface area (Å²) in [7, 11) is 3.22. The molecule has 0 bridgehead atoms. The van der Waals surface area contributed by atoms with Crippen LogP contribution < -0.4 is 19.7 Å². The summed E-state index contributed by atoms with van der Waals surface area (Å²) in [6.45, 7) is 0. The fraction of sp³-hybridized carbons (Fsp3) is 0.300. The van der Waals surface area contributed by atoms with E-state index < -0.39 is 6.04 Å². The average molecular weight is 496 g/mol. The number of para-hydroxylation sites is 2. The molecule has 1 saturated carbocycles. The number of fused-ring (bicyclic) bond motifs is 1. The number of pyridine rings is 1. The molecule has 0 radical (unpaired) electrons. The number of nitrogens with one attached hydrogen (secondary N) is 1. The number of carbonyl (C=O) groups excluding carboxylic acids is 2. The lowest BCUT2D eigenvalue weighted by atomic mass is 9.78. The van der Waals surface area contributed by atoms with Crippen LogP contribution in [-0.4, -0.2) is 30.9 Å². The topological polar surface area (TPSA) is 80.8 Å². The first-order valence-corrected chi connectivity index (χ1v) is 12.7. The third-order valence-electron chi connectivity index (χ3n) is 7.53. The van der Waals surface area contributed by atoms with Gasteiger partial charge in [-0.2, -0.15) is 0 Å². The Morgan fingerprint density at radius 1 is 0.973 bits per heavy atom. The van der Waals surface area contributed by atoms with E-state index in [1.807, 2.05) is 59.5 Å². The number of ketones is 1. The van der Waals surface area contributed by atoms with Gasteiger partial charge in [0.15, 0.2) is 17.3 Å². The molecule has 2 aliphatic carbocycles. The number of amides is 1. The van der Waals surface area contributed by atoms with Crippen LogP contribution in [0.25, 0.3) is 0 Å². The number of allylic oxidation sites excluding steroid dienone is 1. The van der Waals surface area contributed by atoms with Gasteiger partial charge in [0.2, 0.25) is 5.91 Å². The van der Waals surface area contributed by atoms with E-state index in [9.17, 15) is 9.59 Å². The van der Waals surface area contributed by atoms with Crippen LogP contribution in [-0.2, 0) is 9.59 Å². The molecule has 2 atom stereocenters. The van der Waals surface area contributed by atoms with Gasteiger partial charge in [-0.25, -0.2) is 0 Å². The van der Waals surface area contributed by atoms with Crippen LogP contribution in [0.2, 0.25) is 0 Å². The molecule has 7 nitrogen and oxygen atoms in total. The summed E-state index contributed by atoms with van der Waals surface area (Å²) in [6.07, 6.45) is 6.22. The molecule has 0 saturated heterocycles. The van der Waals surface area contributed by atoms with E-state index in [4.69, 9.17) is 9.47 Å². The van der Waals surface area contributed by atoms with E-state index in [0.29, 0.717) is 29.9 Å². The third-order valence-corrected chi connectivity index (χ3v) is 7.53. The Kier molecular flexibility index (Phi) is 5.91. The summed E-state index contributed by atoms with van der Waals surface area (Å²) in [5, 5.41) is 3.58. The maximum atomic E-state index is 14.0. The van der Waals surface area contributed by atoms with Crippen LogP contribution in [0.1, 0.15) is 48.8 Å². The van der Waals surface area contributed by atoms with Crippen molar-refractivity contribution in [3.8, 4) is 11.5 Å². The van der Waals surface area contributed by atoms with Gasteiger partial charge in [-0.15, -0.1) is 0 Å². The molecule has 1 amide bonds. The quantitative estimate of drug-likeness (QED) is 0.510. The first kappa shape index (κ1) is 23.3. The third kappa shape index (κ3) is 4.14. The molecule has 7 heteroatoms. The fourth-order valence-corrected chi connectivity index (χ4v) is 5.56. The van der Waals surface area contributed by atoms with Crippen molar-refractivity contribution in [2.24, 2.45) is 5.92 Å². The van der Waals surface area contributed by atoms with Crippen molar-refractivity contribution in [2.45, 2.75) is 37.6 Å². The summed E-state index contributed by atoms with van der Waals surface area (Å²) in [6, 6.07) is 16.9. The zero-order valence-electron chi connectivity index (χ0n) is 20.9. The highest BCUT2D eigenvalue weighted by atomic mass is 16.5. The molecule has 3 aromatic rings. The van der Waals surface area contributed by atoms with Crippen LogP contribution in [0, 0.1) is 5.92 Å². The molecule has 1 aromatic heterocycles. The molecule has 1 aliphatic heterocycles. The van der Waals surface area contributed by atoms with Crippen LogP contribution in [0.3, 0.4) is 0 Å². The first-order chi connectivity index (χ1) is 18.1. The molecule has 188 valence electrons. The predicted molar refractivity (Wildman–Crippen MR) is 141 cm³/mol. The molecular weight excluding hydrogens is 466 g/mol. The summed E-state index contributed by atoms with van der Waals surface area (Å²) >= 11 is 0. The Hall–Kier alpha value is -4.13. The van der Waals surface area contributed by atoms with Gasteiger partial charge < -0.3 is 14.8 Å². The summed E-state index contributed by atoms with van der Waals surface area (Å²) in [4.78, 5) is 34.0. The lowest BCUT2D eigenvalue weighted by Gasteiger charge is -2.35. The minimum atomic E-state index is -0.535. The molecule has 0 unspecified atom stereocenters. The van der Waals surface area contributed by atoms with E-state index in [1.165, 1.54) is 0 Å². The highest BCUT2D eigenvalue weighted by Crippen LogP contribution is 2.49. The molecule has 37 heavy (non-hydrogen) atoms. The van der Waals surface area contributed by atoms with Gasteiger partial charge in [0.1, 0.15) is 0 Å². The molecular formula is C30H29N3O4. The zero-order valence-corrected chi connectivity index (χ0v) is 20.9. The molecule has 1 N–H and O–H groups in total. The van der Waals surface area contributed by atoms with Crippen molar-refractivity contribution in [2.75, 3.05) is 24.4 Å². The standard InChI is InChI=1S/C30H29N3O4/c1-36-26-12-11-19(16-27(26)37-2)21-14-23-28(25(34)15-21)29(20-6-5-13-31-17-20)33(30(35)18-9-10-18)24-8-4-3-7-22(24)32-23/h3-8,11-13,16-18,21,29,32H,9-10,14-15H2,1-2H3/t21-,29+/m0/s1. The van der Waals surface area contributed by atoms with E-state index in [2.05, 4.69) is 10.3 Å². The van der Waals surface area contributed by atoms with E-state index in [1.54, 1.807) is 26.6 Å². The number of Topliss-reactive ketones (excluding diaryl/α,β-unsaturated/α-hetero) is 1. The summed E-state index contributed by atoms with van der Waals surface area (Å²) in [5.74, 6) is 1.34. The largest absolute Gasteiger partial charge is 0.493 e. The number of nitrogens with zero attached hydrogens (tertiary/aromatic N) is 2. The second-order valence-corrected chi connectivity index (χ2v) is 9.85. The smallest absolute Gasteiger partial charge is 0.231 e. The number of aromatic nitrogens is 1. The first-order valence-electron chi connectivity index (χ1n) is 12.7. The number of hydrogen-bond acceptors (Lipinski definition) is 6. The van der Waals surface area contributed by atoms with Crippen molar-refractivity contribution in [3.05, 3.63) is 89.4 Å². The van der Waals surface area contributed by atoms with Gasteiger partial charge in [-0.05, 0) is 66.6 Å². The van der Waals surface area contributed by atoms with Crippen molar-refractivity contribution in [3.63, 3.8) is 0 Å². The lowest BCUT2D eigenvalue weighted by molar-refractivity contribution is -0.120. The minimum absolute atomic E-state index is 0.00687. The van der Waals surface area contributed by atoms with Crippen molar-refractivity contribution < 1.29 is 19.1 Å². The van der Waals surface area contributed by atoms with E-state index in [-0.39, 0.29) is 23.5 Å². The minimum Gasteiger partial charge on any atom is -0.493 e. The SMILES string of the molecule is COc1ccc([C@@H]2CC(=O)C3=C(C2)Nc2ccccc2N(C(=O)C2CC2)[C@@H]3c2cccnc2)cc1OC. The van der Waals surface area contributed by atoms with Crippen LogP contribution in [0.4, 0.5) is 11.4 Å². The van der Waals surface area contributed by atoms with Gasteiger partial charge in [0, 0.05) is 36.0 Å². The van der Waals surface area contributed by atoms with Crippen molar-refractivity contribution in [1.29, 1.82) is 0 Å². The van der Waals surface area contributed by atoms with Crippen LogP contribution in [0.5, 0.6) is 11.5 Å². The van der Waals surface area contributed by atoms with Gasteiger partial charge in [-0.1, -0.05) is 24.3 Å².